The van der Waals surface area contributed by atoms with E-state index in [-0.39, 0.29) is 17.1 Å². The summed E-state index contributed by atoms with van der Waals surface area (Å²) in [5.41, 5.74) is 0.481. The van der Waals surface area contributed by atoms with Crippen molar-refractivity contribution in [1.29, 1.82) is 0 Å². The molecule has 0 radical (unpaired) electrons. The van der Waals surface area contributed by atoms with Gasteiger partial charge in [-0.25, -0.2) is 0 Å². The molecule has 0 atom stereocenters. The number of nitrogens with one attached hydrogen (secondary N) is 1. The fourth-order valence-corrected chi connectivity index (χ4v) is 3.28. The first kappa shape index (κ1) is 17.4. The second kappa shape index (κ2) is 6.44. The van der Waals surface area contributed by atoms with Crippen LogP contribution in [0.25, 0.3) is 0 Å². The third kappa shape index (κ3) is 4.33. The molecule has 1 aliphatic rings. The number of rotatable bonds is 3. The predicted molar refractivity (Wildman–Crippen MR) is 97.9 cm³/mol. The Kier molecular flexibility index (Phi) is 4.47. The molecule has 1 amide bonds. The lowest BCUT2D eigenvalue weighted by molar-refractivity contribution is -0.133. The summed E-state index contributed by atoms with van der Waals surface area (Å²) in [4.78, 5) is 14.4. The molecule has 6 heteroatoms. The summed E-state index contributed by atoms with van der Waals surface area (Å²) in [6.07, 6.45) is 0. The number of hydrogen-bond donors (Lipinski definition) is 1. The molecule has 1 saturated heterocycles. The molecule has 6 nitrogen and oxygen atoms in total. The largest absolute Gasteiger partial charge is 0.366 e. The molecule has 1 aromatic heterocycles. The summed E-state index contributed by atoms with van der Waals surface area (Å²) in [6, 6.07) is 12.8. The molecule has 25 heavy (non-hydrogen) atoms. The molecule has 0 unspecified atom stereocenters. The third-order valence-electron chi connectivity index (χ3n) is 3.93. The highest BCUT2D eigenvalue weighted by atomic mass is 16.5. The number of carbonyl (C=O) groups excluding carboxylic acids is 1. The van der Waals surface area contributed by atoms with Gasteiger partial charge < -0.3 is 15.0 Å². The maximum absolute atomic E-state index is 12.3. The van der Waals surface area contributed by atoms with E-state index in [1.807, 2.05) is 36.4 Å². The molecule has 0 bridgehead atoms. The van der Waals surface area contributed by atoms with Gasteiger partial charge in [0.25, 0.3) is 5.91 Å². The van der Waals surface area contributed by atoms with Crippen molar-refractivity contribution < 1.29 is 9.53 Å². The van der Waals surface area contributed by atoms with Crippen molar-refractivity contribution in [1.82, 2.24) is 10.2 Å². The molecule has 1 aliphatic heterocycles. The topological polar surface area (TPSA) is 67.4 Å². The quantitative estimate of drug-likeness (QED) is 0.930. The average molecular weight is 340 g/mol. The van der Waals surface area contributed by atoms with Crippen LogP contribution in [0.4, 0.5) is 11.5 Å². The molecule has 2 aromatic rings. The highest BCUT2D eigenvalue weighted by molar-refractivity contribution is 6.02. The fourth-order valence-electron chi connectivity index (χ4n) is 3.28. The monoisotopic (exact) mass is 340 g/mol. The number of morpholine rings is 1. The standard InChI is InChI=1S/C19H24N4O2/c1-18(2)12-23(13-19(3,4)25-18)16-11-10-15(21-22-16)17(24)20-14-8-6-5-7-9-14/h5-11H,12-13H2,1-4H3,(H,20,24). The van der Waals surface area contributed by atoms with Crippen LogP contribution in [0.15, 0.2) is 42.5 Å². The van der Waals surface area contributed by atoms with E-state index in [0.717, 1.165) is 24.6 Å². The van der Waals surface area contributed by atoms with E-state index in [1.54, 1.807) is 6.07 Å². The maximum atomic E-state index is 12.3. The molecular formula is C19H24N4O2. The van der Waals surface area contributed by atoms with Crippen LogP contribution in [0.1, 0.15) is 38.2 Å². The zero-order valence-corrected chi connectivity index (χ0v) is 15.1. The van der Waals surface area contributed by atoms with E-state index in [4.69, 9.17) is 4.74 Å². The summed E-state index contributed by atoms with van der Waals surface area (Å²) < 4.78 is 6.09. The molecule has 0 saturated carbocycles. The molecule has 2 heterocycles. The van der Waals surface area contributed by atoms with E-state index in [2.05, 4.69) is 48.1 Å². The molecule has 0 spiro atoms. The number of anilines is 2. The van der Waals surface area contributed by atoms with Crippen LogP contribution in [-0.4, -0.2) is 40.4 Å². The minimum atomic E-state index is -0.271. The van der Waals surface area contributed by atoms with E-state index in [0.29, 0.717) is 5.69 Å². The van der Waals surface area contributed by atoms with Gasteiger partial charge in [0, 0.05) is 18.8 Å². The highest BCUT2D eigenvalue weighted by Crippen LogP contribution is 2.30. The van der Waals surface area contributed by atoms with E-state index in [1.165, 1.54) is 0 Å². The van der Waals surface area contributed by atoms with Crippen molar-refractivity contribution >= 4 is 17.4 Å². The van der Waals surface area contributed by atoms with Crippen molar-refractivity contribution in [3.63, 3.8) is 0 Å². The van der Waals surface area contributed by atoms with Crippen LogP contribution < -0.4 is 10.2 Å². The first-order chi connectivity index (χ1) is 11.7. The Morgan fingerprint density at radius 1 is 1.00 bits per heavy atom. The number of nitrogens with zero attached hydrogens (tertiary/aromatic N) is 3. The van der Waals surface area contributed by atoms with Crippen molar-refractivity contribution in [3.05, 3.63) is 48.2 Å². The zero-order chi connectivity index (χ0) is 18.1. The summed E-state index contributed by atoms with van der Waals surface area (Å²) in [5.74, 6) is 0.480. The van der Waals surface area contributed by atoms with Gasteiger partial charge in [-0.2, -0.15) is 0 Å². The van der Waals surface area contributed by atoms with Crippen molar-refractivity contribution in [2.24, 2.45) is 0 Å². The van der Waals surface area contributed by atoms with Gasteiger partial charge in [-0.05, 0) is 52.0 Å². The number of benzene rings is 1. The number of hydrogen-bond acceptors (Lipinski definition) is 5. The zero-order valence-electron chi connectivity index (χ0n) is 15.1. The van der Waals surface area contributed by atoms with Crippen LogP contribution >= 0.6 is 0 Å². The molecule has 1 N–H and O–H groups in total. The van der Waals surface area contributed by atoms with E-state index in [9.17, 15) is 4.79 Å². The van der Waals surface area contributed by atoms with Crippen molar-refractivity contribution in [2.75, 3.05) is 23.3 Å². The molecule has 0 aliphatic carbocycles. The van der Waals surface area contributed by atoms with Crippen molar-refractivity contribution in [3.8, 4) is 0 Å². The van der Waals surface area contributed by atoms with Crippen LogP contribution in [0, 0.1) is 0 Å². The summed E-state index contributed by atoms with van der Waals surface area (Å²) in [5, 5.41) is 11.2. The molecule has 132 valence electrons. The Morgan fingerprint density at radius 2 is 1.64 bits per heavy atom. The van der Waals surface area contributed by atoms with Gasteiger partial charge in [-0.3, -0.25) is 4.79 Å². The lowest BCUT2D eigenvalue weighted by Gasteiger charge is -2.47. The van der Waals surface area contributed by atoms with Gasteiger partial charge in [-0.15, -0.1) is 10.2 Å². The normalized spacial score (nSPS) is 18.6. The predicted octanol–water partition coefficient (Wildman–Crippen LogP) is 3.12. The van der Waals surface area contributed by atoms with Gasteiger partial charge in [-0.1, -0.05) is 18.2 Å². The molecule has 1 fully saturated rings. The van der Waals surface area contributed by atoms with E-state index >= 15 is 0 Å². The third-order valence-corrected chi connectivity index (χ3v) is 3.93. The molecular weight excluding hydrogens is 316 g/mol. The van der Waals surface area contributed by atoms with Crippen molar-refractivity contribution in [2.45, 2.75) is 38.9 Å². The van der Waals surface area contributed by atoms with Crippen LogP contribution in [0.3, 0.4) is 0 Å². The van der Waals surface area contributed by atoms with Crippen LogP contribution in [0.2, 0.25) is 0 Å². The number of carbonyl (C=O) groups is 1. The number of ether oxygens (including phenoxy) is 1. The Bertz CT molecular complexity index is 726. The second-order valence-electron chi connectivity index (χ2n) is 7.57. The Morgan fingerprint density at radius 3 is 2.20 bits per heavy atom. The maximum Gasteiger partial charge on any atom is 0.276 e. The second-order valence-corrected chi connectivity index (χ2v) is 7.57. The van der Waals surface area contributed by atoms with Gasteiger partial charge in [0.1, 0.15) is 0 Å². The van der Waals surface area contributed by atoms with Crippen LogP contribution in [0.5, 0.6) is 0 Å². The first-order valence-corrected chi connectivity index (χ1v) is 8.39. The minimum Gasteiger partial charge on any atom is -0.366 e. The smallest absolute Gasteiger partial charge is 0.276 e. The van der Waals surface area contributed by atoms with Gasteiger partial charge in [0.15, 0.2) is 11.5 Å². The number of aromatic nitrogens is 2. The summed E-state index contributed by atoms with van der Waals surface area (Å²) in [7, 11) is 0. The highest BCUT2D eigenvalue weighted by Gasteiger charge is 2.38. The van der Waals surface area contributed by atoms with Gasteiger partial charge in [0.2, 0.25) is 0 Å². The van der Waals surface area contributed by atoms with Gasteiger partial charge >= 0.3 is 0 Å². The minimum absolute atomic E-state index is 0.270. The Hall–Kier alpha value is -2.47. The average Bonchev–Trinajstić information content (AvgIpc) is 2.53. The van der Waals surface area contributed by atoms with Crippen LogP contribution in [-0.2, 0) is 4.74 Å². The first-order valence-electron chi connectivity index (χ1n) is 8.39. The lowest BCUT2D eigenvalue weighted by atomic mass is 9.99. The summed E-state index contributed by atoms with van der Waals surface area (Å²) >= 11 is 0. The summed E-state index contributed by atoms with van der Waals surface area (Å²) in [6.45, 7) is 9.71. The molecule has 3 rings (SSSR count). The SMILES string of the molecule is CC1(C)CN(c2ccc(C(=O)Nc3ccccc3)nn2)CC(C)(C)O1. The Labute approximate surface area is 148 Å². The van der Waals surface area contributed by atoms with Gasteiger partial charge in [0.05, 0.1) is 11.2 Å². The van der Waals surface area contributed by atoms with E-state index < -0.39 is 0 Å². The number of para-hydroxylation sites is 1. The fraction of sp³-hybridized carbons (Fsp3) is 0.421. The lowest BCUT2D eigenvalue weighted by Crippen LogP contribution is -2.57. The number of amides is 1. The molecule has 1 aromatic carbocycles. The Balaban J connectivity index is 1.73.